The summed E-state index contributed by atoms with van der Waals surface area (Å²) in [5, 5.41) is 2.82. The Labute approximate surface area is 103 Å². The molecule has 0 aliphatic heterocycles. The lowest BCUT2D eigenvalue weighted by Gasteiger charge is -2.06. The molecule has 0 radical (unpaired) electrons. The van der Waals surface area contributed by atoms with Crippen molar-refractivity contribution in [1.82, 2.24) is 9.97 Å². The highest BCUT2D eigenvalue weighted by Crippen LogP contribution is 2.13. The van der Waals surface area contributed by atoms with Gasteiger partial charge in [-0.2, -0.15) is 0 Å². The van der Waals surface area contributed by atoms with Crippen LogP contribution in [0, 0.1) is 5.82 Å². The average Bonchev–Trinajstić information content (AvgIpc) is 2.28. The third kappa shape index (κ3) is 3.14. The smallest absolute Gasteiger partial charge is 0.252 e. The number of H-pyrrole nitrogens is 1. The molecule has 1 aromatic carbocycles. The van der Waals surface area contributed by atoms with Gasteiger partial charge >= 0.3 is 0 Å². The highest BCUT2D eigenvalue weighted by molar-refractivity contribution is 5.52. The van der Waals surface area contributed by atoms with Crippen LogP contribution in [0.15, 0.2) is 35.1 Å². The second-order valence-electron chi connectivity index (χ2n) is 3.65. The molecule has 0 atom stereocenters. The fraction of sp³-hybridized carbons (Fsp3) is 0.167. The molecule has 0 unspecified atom stereocenters. The maximum atomic E-state index is 13.0. The number of hydrogen-bond donors (Lipinski definition) is 2. The van der Waals surface area contributed by atoms with Gasteiger partial charge in [-0.05, 0) is 18.2 Å². The summed E-state index contributed by atoms with van der Waals surface area (Å²) in [6.07, 6.45) is 0. The maximum Gasteiger partial charge on any atom is 0.252 e. The molecule has 2 N–H and O–H groups in total. The average molecular weight is 249 g/mol. The van der Waals surface area contributed by atoms with Crippen molar-refractivity contribution in [3.8, 4) is 0 Å². The number of anilines is 2. The van der Waals surface area contributed by atoms with Gasteiger partial charge < -0.3 is 10.1 Å². The number of nitrogens with one attached hydrogen (secondary N) is 2. The zero-order chi connectivity index (χ0) is 13.0. The summed E-state index contributed by atoms with van der Waals surface area (Å²) in [7, 11) is 1.52. The van der Waals surface area contributed by atoms with E-state index in [1.54, 1.807) is 12.1 Å². The SMILES string of the molecule is COCc1cc(=O)[nH]c(Nc2cccc(F)c2)n1. The Morgan fingerprint density at radius 3 is 3.00 bits per heavy atom. The maximum absolute atomic E-state index is 13.0. The highest BCUT2D eigenvalue weighted by atomic mass is 19.1. The summed E-state index contributed by atoms with van der Waals surface area (Å²) < 4.78 is 17.9. The molecule has 0 saturated heterocycles. The normalized spacial score (nSPS) is 10.3. The van der Waals surface area contributed by atoms with Crippen LogP contribution in [0.1, 0.15) is 5.69 Å². The van der Waals surface area contributed by atoms with Crippen molar-refractivity contribution >= 4 is 11.6 Å². The first-order chi connectivity index (χ1) is 8.67. The Morgan fingerprint density at radius 1 is 1.44 bits per heavy atom. The van der Waals surface area contributed by atoms with Crippen molar-refractivity contribution < 1.29 is 9.13 Å². The first-order valence-electron chi connectivity index (χ1n) is 5.29. The van der Waals surface area contributed by atoms with E-state index in [-0.39, 0.29) is 23.9 Å². The van der Waals surface area contributed by atoms with Gasteiger partial charge in [0.1, 0.15) is 5.82 Å². The molecule has 2 aromatic rings. The van der Waals surface area contributed by atoms with Crippen LogP contribution >= 0.6 is 0 Å². The molecule has 0 bridgehead atoms. The summed E-state index contributed by atoms with van der Waals surface area (Å²) in [5.74, 6) is -0.115. The second kappa shape index (κ2) is 5.42. The molecular weight excluding hydrogens is 237 g/mol. The molecule has 0 saturated carbocycles. The van der Waals surface area contributed by atoms with E-state index in [4.69, 9.17) is 4.74 Å². The monoisotopic (exact) mass is 249 g/mol. The minimum Gasteiger partial charge on any atom is -0.378 e. The van der Waals surface area contributed by atoms with Crippen molar-refractivity contribution in [2.75, 3.05) is 12.4 Å². The lowest BCUT2D eigenvalue weighted by Crippen LogP contribution is -2.12. The molecule has 1 aromatic heterocycles. The molecule has 2 rings (SSSR count). The second-order valence-corrected chi connectivity index (χ2v) is 3.65. The van der Waals surface area contributed by atoms with Crippen LogP contribution in [-0.2, 0) is 11.3 Å². The molecule has 94 valence electrons. The predicted octanol–water partition coefficient (Wildman–Crippen LogP) is 1.80. The Kier molecular flexibility index (Phi) is 3.69. The molecular formula is C12H12FN3O2. The van der Waals surface area contributed by atoms with Gasteiger partial charge in [0, 0.05) is 18.9 Å². The fourth-order valence-corrected chi connectivity index (χ4v) is 1.49. The summed E-state index contributed by atoms with van der Waals surface area (Å²) >= 11 is 0. The zero-order valence-electron chi connectivity index (χ0n) is 9.74. The van der Waals surface area contributed by atoms with Gasteiger partial charge in [0.15, 0.2) is 0 Å². The van der Waals surface area contributed by atoms with E-state index < -0.39 is 0 Å². The number of hydrogen-bond acceptors (Lipinski definition) is 4. The first-order valence-corrected chi connectivity index (χ1v) is 5.29. The number of aromatic nitrogens is 2. The first kappa shape index (κ1) is 12.3. The van der Waals surface area contributed by atoms with Gasteiger partial charge in [-0.25, -0.2) is 9.37 Å². The predicted molar refractivity (Wildman–Crippen MR) is 65.3 cm³/mol. The van der Waals surface area contributed by atoms with E-state index in [0.29, 0.717) is 11.4 Å². The van der Waals surface area contributed by atoms with E-state index in [1.165, 1.54) is 25.3 Å². The van der Waals surface area contributed by atoms with Gasteiger partial charge in [-0.3, -0.25) is 9.78 Å². The molecule has 0 amide bonds. The van der Waals surface area contributed by atoms with Crippen LogP contribution in [0.5, 0.6) is 0 Å². The Morgan fingerprint density at radius 2 is 2.28 bits per heavy atom. The number of rotatable bonds is 4. The largest absolute Gasteiger partial charge is 0.378 e. The topological polar surface area (TPSA) is 67.0 Å². The fourth-order valence-electron chi connectivity index (χ4n) is 1.49. The van der Waals surface area contributed by atoms with E-state index in [0.717, 1.165) is 0 Å². The molecule has 6 heteroatoms. The minimum atomic E-state index is -0.365. The molecule has 0 aliphatic rings. The van der Waals surface area contributed by atoms with E-state index in [1.807, 2.05) is 0 Å². The van der Waals surface area contributed by atoms with Gasteiger partial charge in [-0.15, -0.1) is 0 Å². The van der Waals surface area contributed by atoms with Crippen LogP contribution in [-0.4, -0.2) is 17.1 Å². The van der Waals surface area contributed by atoms with Crippen LogP contribution in [0.4, 0.5) is 16.0 Å². The molecule has 5 nitrogen and oxygen atoms in total. The summed E-state index contributed by atoms with van der Waals surface area (Å²) in [6.45, 7) is 0.238. The lowest BCUT2D eigenvalue weighted by molar-refractivity contribution is 0.181. The van der Waals surface area contributed by atoms with Crippen LogP contribution in [0.2, 0.25) is 0 Å². The van der Waals surface area contributed by atoms with Crippen molar-refractivity contribution in [3.63, 3.8) is 0 Å². The molecule has 0 spiro atoms. The van der Waals surface area contributed by atoms with Crippen LogP contribution in [0.25, 0.3) is 0 Å². The van der Waals surface area contributed by atoms with Crippen LogP contribution < -0.4 is 10.9 Å². The quantitative estimate of drug-likeness (QED) is 0.867. The van der Waals surface area contributed by atoms with E-state index >= 15 is 0 Å². The Bertz CT molecular complexity index is 598. The molecule has 0 aliphatic carbocycles. The van der Waals surface area contributed by atoms with Gasteiger partial charge in [0.25, 0.3) is 5.56 Å². The van der Waals surface area contributed by atoms with Gasteiger partial charge in [0.2, 0.25) is 5.95 Å². The number of aromatic amines is 1. The van der Waals surface area contributed by atoms with Crippen molar-refractivity contribution in [3.05, 3.63) is 52.2 Å². The number of ether oxygens (including phenoxy) is 1. The number of methoxy groups -OCH3 is 1. The number of benzene rings is 1. The molecule has 18 heavy (non-hydrogen) atoms. The number of halogens is 1. The van der Waals surface area contributed by atoms with Crippen LogP contribution in [0.3, 0.4) is 0 Å². The van der Waals surface area contributed by atoms with Gasteiger partial charge in [0.05, 0.1) is 12.3 Å². The van der Waals surface area contributed by atoms with Gasteiger partial charge in [-0.1, -0.05) is 6.07 Å². The minimum absolute atomic E-state index is 0.238. The standard InChI is InChI=1S/C12H12FN3O2/c1-18-7-10-6-11(17)16-12(15-10)14-9-4-2-3-8(13)5-9/h2-6H,7H2,1H3,(H2,14,15,16,17). The third-order valence-electron chi connectivity index (χ3n) is 2.17. The van der Waals surface area contributed by atoms with E-state index in [2.05, 4.69) is 15.3 Å². The summed E-state index contributed by atoms with van der Waals surface area (Å²) in [4.78, 5) is 18.0. The Balaban J connectivity index is 2.26. The van der Waals surface area contributed by atoms with Crippen molar-refractivity contribution in [1.29, 1.82) is 0 Å². The Hall–Kier alpha value is -2.21. The summed E-state index contributed by atoms with van der Waals surface area (Å²) in [5.41, 5.74) is 0.712. The van der Waals surface area contributed by atoms with Crippen molar-refractivity contribution in [2.24, 2.45) is 0 Å². The number of nitrogens with zero attached hydrogens (tertiary/aromatic N) is 1. The zero-order valence-corrected chi connectivity index (χ0v) is 9.74. The van der Waals surface area contributed by atoms with E-state index in [9.17, 15) is 9.18 Å². The van der Waals surface area contributed by atoms with Crippen molar-refractivity contribution in [2.45, 2.75) is 6.61 Å². The molecule has 0 fully saturated rings. The molecule has 1 heterocycles. The third-order valence-corrected chi connectivity index (χ3v) is 2.17. The lowest BCUT2D eigenvalue weighted by atomic mass is 10.3. The highest BCUT2D eigenvalue weighted by Gasteiger charge is 2.02. The summed E-state index contributed by atoms with van der Waals surface area (Å²) in [6, 6.07) is 7.23.